The van der Waals surface area contributed by atoms with E-state index in [1.807, 2.05) is 60.7 Å². The first-order valence-corrected chi connectivity index (χ1v) is 12.2. The molecule has 1 N–H and O–H groups in total. The zero-order valence-electron chi connectivity index (χ0n) is 18.9. The van der Waals surface area contributed by atoms with E-state index in [2.05, 4.69) is 5.10 Å². The summed E-state index contributed by atoms with van der Waals surface area (Å²) in [5.41, 5.74) is 2.27. The van der Waals surface area contributed by atoms with Crippen molar-refractivity contribution in [1.29, 1.82) is 0 Å². The zero-order chi connectivity index (χ0) is 24.9. The Morgan fingerprint density at radius 2 is 1.86 bits per heavy atom. The largest absolute Gasteiger partial charge is 0.480 e. The number of thioether (sulfide) groups is 1. The molecule has 1 saturated heterocycles. The normalized spacial score (nSPS) is 19.7. The molecule has 2 aliphatic rings. The summed E-state index contributed by atoms with van der Waals surface area (Å²) in [6.45, 7) is 1.86. The van der Waals surface area contributed by atoms with E-state index < -0.39 is 29.9 Å². The third-order valence-electron chi connectivity index (χ3n) is 5.55. The fraction of sp³-hybridized carbons (Fsp3) is 0.240. The van der Waals surface area contributed by atoms with Crippen molar-refractivity contribution in [2.75, 3.05) is 6.61 Å². The van der Waals surface area contributed by atoms with Gasteiger partial charge in [-0.15, -0.1) is 0 Å². The van der Waals surface area contributed by atoms with Gasteiger partial charge >= 0.3 is 11.9 Å². The Hall–Kier alpha value is -3.50. The second kappa shape index (κ2) is 10.8. The van der Waals surface area contributed by atoms with Crippen molar-refractivity contribution in [3.8, 4) is 0 Å². The van der Waals surface area contributed by atoms with E-state index >= 15 is 0 Å². The number of nitrogens with zero attached hydrogens (tertiary/aromatic N) is 3. The summed E-state index contributed by atoms with van der Waals surface area (Å²) in [5.74, 6) is -2.09. The van der Waals surface area contributed by atoms with Crippen molar-refractivity contribution in [3.05, 3.63) is 82.9 Å². The maximum Gasteiger partial charge on any atom is 0.329 e. The van der Waals surface area contributed by atoms with Gasteiger partial charge in [0, 0.05) is 19.0 Å². The first kappa shape index (κ1) is 24.6. The van der Waals surface area contributed by atoms with Crippen LogP contribution in [0.5, 0.6) is 0 Å². The van der Waals surface area contributed by atoms with Crippen LogP contribution in [-0.4, -0.2) is 61.6 Å². The number of esters is 1. The molecule has 2 aromatic rings. The Balaban J connectivity index is 1.62. The van der Waals surface area contributed by atoms with Crippen LogP contribution in [0.25, 0.3) is 0 Å². The van der Waals surface area contributed by atoms with E-state index in [4.69, 9.17) is 17.0 Å². The number of hydrogen-bond acceptors (Lipinski definition) is 8. The van der Waals surface area contributed by atoms with Crippen LogP contribution in [0, 0.1) is 0 Å². The molecule has 0 radical (unpaired) electrons. The molecule has 8 nitrogen and oxygen atoms in total. The van der Waals surface area contributed by atoms with E-state index in [9.17, 15) is 19.5 Å². The van der Waals surface area contributed by atoms with Gasteiger partial charge in [-0.3, -0.25) is 14.7 Å². The van der Waals surface area contributed by atoms with Gasteiger partial charge in [-0.2, -0.15) is 5.10 Å². The molecule has 10 heteroatoms. The molecule has 4 rings (SSSR count). The number of hydrogen-bond donors (Lipinski definition) is 1. The van der Waals surface area contributed by atoms with Gasteiger partial charge in [-0.1, -0.05) is 84.6 Å². The summed E-state index contributed by atoms with van der Waals surface area (Å²) in [6.07, 6.45) is 1.82. The maximum absolute atomic E-state index is 13.4. The molecular formula is C25H23N3O5S2. The van der Waals surface area contributed by atoms with Crippen LogP contribution >= 0.6 is 24.0 Å². The predicted octanol–water partition coefficient (Wildman–Crippen LogP) is 3.43. The van der Waals surface area contributed by atoms with E-state index in [0.29, 0.717) is 5.71 Å². The number of hydrazone groups is 1. The van der Waals surface area contributed by atoms with Crippen LogP contribution in [0.2, 0.25) is 0 Å². The van der Waals surface area contributed by atoms with Crippen LogP contribution in [0.3, 0.4) is 0 Å². The van der Waals surface area contributed by atoms with Crippen LogP contribution in [0.15, 0.2) is 76.9 Å². The molecule has 1 fully saturated rings. The van der Waals surface area contributed by atoms with Crippen LogP contribution < -0.4 is 0 Å². The van der Waals surface area contributed by atoms with Gasteiger partial charge in [-0.25, -0.2) is 9.59 Å². The molecule has 2 aromatic carbocycles. The van der Waals surface area contributed by atoms with Crippen molar-refractivity contribution >= 4 is 51.9 Å². The summed E-state index contributed by atoms with van der Waals surface area (Å²) in [7, 11) is 0. The van der Waals surface area contributed by atoms with Gasteiger partial charge in [0.25, 0.3) is 5.91 Å². The molecule has 0 spiro atoms. The quantitative estimate of drug-likeness (QED) is 0.328. The van der Waals surface area contributed by atoms with Crippen LogP contribution in [0.4, 0.5) is 0 Å². The number of ether oxygens (including phenoxy) is 1. The van der Waals surface area contributed by atoms with Gasteiger partial charge in [0.05, 0.1) is 17.2 Å². The summed E-state index contributed by atoms with van der Waals surface area (Å²) < 4.78 is 5.44. The number of amides is 1. The number of carbonyl (C=O) groups excluding carboxylic acids is 2. The lowest BCUT2D eigenvalue weighted by molar-refractivity contribution is -0.150. The fourth-order valence-electron chi connectivity index (χ4n) is 3.87. The molecule has 0 aromatic heterocycles. The zero-order valence-corrected chi connectivity index (χ0v) is 20.5. The van der Waals surface area contributed by atoms with Gasteiger partial charge in [-0.05, 0) is 18.1 Å². The molecule has 35 heavy (non-hydrogen) atoms. The average molecular weight is 510 g/mol. The van der Waals surface area contributed by atoms with Crippen LogP contribution in [0.1, 0.15) is 24.5 Å². The smallest absolute Gasteiger partial charge is 0.329 e. The minimum Gasteiger partial charge on any atom is -0.480 e. The average Bonchev–Trinajstić information content (AvgIpc) is 3.40. The van der Waals surface area contributed by atoms with E-state index in [-0.39, 0.29) is 28.7 Å². The van der Waals surface area contributed by atoms with E-state index in [1.165, 1.54) is 16.1 Å². The molecule has 2 aliphatic heterocycles. The number of rotatable bonds is 8. The van der Waals surface area contributed by atoms with Crippen molar-refractivity contribution in [2.24, 2.45) is 5.10 Å². The molecular weight excluding hydrogens is 486 g/mol. The Bertz CT molecular complexity index is 1200. The number of carboxylic acids is 1. The highest BCUT2D eigenvalue weighted by atomic mass is 32.2. The number of thiocarbonyl (C=S) groups is 1. The summed E-state index contributed by atoms with van der Waals surface area (Å²) in [5, 5.41) is 15.5. The summed E-state index contributed by atoms with van der Waals surface area (Å²) >= 11 is 6.47. The lowest BCUT2D eigenvalue weighted by atomic mass is 10.0. The topological polar surface area (TPSA) is 99.5 Å². The maximum atomic E-state index is 13.4. The first-order valence-electron chi connectivity index (χ1n) is 11.0. The monoisotopic (exact) mass is 509 g/mol. The number of aliphatic carboxylic acids is 1. The van der Waals surface area contributed by atoms with Crippen LogP contribution in [-0.2, 0) is 25.5 Å². The lowest BCUT2D eigenvalue weighted by Gasteiger charge is -2.25. The minimum absolute atomic E-state index is 0.166. The highest BCUT2D eigenvalue weighted by Gasteiger charge is 2.42. The number of benzene rings is 2. The molecule has 2 heterocycles. The van der Waals surface area contributed by atoms with E-state index in [0.717, 1.165) is 22.9 Å². The van der Waals surface area contributed by atoms with Crippen molar-refractivity contribution < 1.29 is 24.2 Å². The van der Waals surface area contributed by atoms with Crippen molar-refractivity contribution in [2.45, 2.75) is 31.8 Å². The Labute approximate surface area is 212 Å². The standard InChI is InChI=1S/C25H23N3O5S2/c1-2-33-24(32)20(13-16-9-5-3-6-10-16)28-22(29)21(35-25(28)34)15-27-19(23(30)31)14-18(26-27)17-11-7-4-8-12-17/h3-12,15,19-20H,2,13-14H2,1H3,(H,30,31)/b21-15-/t19-,20+/m1/s1. The van der Waals surface area contributed by atoms with Gasteiger partial charge < -0.3 is 9.84 Å². The first-order chi connectivity index (χ1) is 16.9. The van der Waals surface area contributed by atoms with E-state index in [1.54, 1.807) is 6.92 Å². The Kier molecular flexibility index (Phi) is 7.62. The second-order valence-electron chi connectivity index (χ2n) is 7.84. The van der Waals surface area contributed by atoms with Gasteiger partial charge in [0.2, 0.25) is 0 Å². The number of carbonyl (C=O) groups is 3. The van der Waals surface area contributed by atoms with Gasteiger partial charge in [0.1, 0.15) is 10.4 Å². The predicted molar refractivity (Wildman–Crippen MR) is 137 cm³/mol. The molecule has 180 valence electrons. The molecule has 0 bridgehead atoms. The molecule has 0 aliphatic carbocycles. The molecule has 1 amide bonds. The van der Waals surface area contributed by atoms with Crippen molar-refractivity contribution in [1.82, 2.24) is 9.91 Å². The highest BCUT2D eigenvalue weighted by Crippen LogP contribution is 2.35. The summed E-state index contributed by atoms with van der Waals surface area (Å²) in [4.78, 5) is 39.6. The fourth-order valence-corrected chi connectivity index (χ4v) is 5.19. The highest BCUT2D eigenvalue weighted by molar-refractivity contribution is 8.26. The van der Waals surface area contributed by atoms with Gasteiger partial charge in [0.15, 0.2) is 6.04 Å². The third-order valence-corrected chi connectivity index (χ3v) is 6.87. The summed E-state index contributed by atoms with van der Waals surface area (Å²) in [6, 6.07) is 16.7. The van der Waals surface area contributed by atoms with Crippen molar-refractivity contribution in [3.63, 3.8) is 0 Å². The lowest BCUT2D eigenvalue weighted by Crippen LogP contribution is -2.46. The molecule has 2 atom stereocenters. The number of carboxylic acid groups (broad SMARTS) is 1. The SMILES string of the molecule is CCOC(=O)[C@H](Cc1ccccc1)N1C(=O)/C(=C/N2N=C(c3ccccc3)C[C@@H]2C(=O)O)SC1=S. The third kappa shape index (κ3) is 5.44. The molecule has 0 unspecified atom stereocenters. The minimum atomic E-state index is -1.06. The second-order valence-corrected chi connectivity index (χ2v) is 9.52. The Morgan fingerprint density at radius 1 is 1.20 bits per heavy atom. The molecule has 0 saturated carbocycles. The Morgan fingerprint density at radius 3 is 2.49 bits per heavy atom.